The van der Waals surface area contributed by atoms with Crippen LogP contribution in [0.4, 0.5) is 17.1 Å². The van der Waals surface area contributed by atoms with Gasteiger partial charge < -0.3 is 15.8 Å². The fourth-order valence-corrected chi connectivity index (χ4v) is 3.13. The van der Waals surface area contributed by atoms with Gasteiger partial charge in [0.2, 0.25) is 0 Å². The number of carbonyl (C=O) groups is 1. The lowest BCUT2D eigenvalue weighted by Gasteiger charge is -2.23. The molecule has 5 N–H and O–H groups in total. The summed E-state index contributed by atoms with van der Waals surface area (Å²) in [6, 6.07) is 2.88. The van der Waals surface area contributed by atoms with E-state index in [1.165, 1.54) is 12.1 Å². The van der Waals surface area contributed by atoms with Crippen molar-refractivity contribution in [1.82, 2.24) is 4.72 Å². The number of anilines is 3. The summed E-state index contributed by atoms with van der Waals surface area (Å²) >= 11 is 0. The molecule has 2 rings (SSSR count). The average molecular weight is 314 g/mol. The van der Waals surface area contributed by atoms with Gasteiger partial charge in [0, 0.05) is 11.6 Å². The van der Waals surface area contributed by atoms with Gasteiger partial charge in [-0.2, -0.15) is 13.1 Å². The zero-order valence-electron chi connectivity index (χ0n) is 12.0. The molecule has 1 heterocycles. The van der Waals surface area contributed by atoms with E-state index in [-0.39, 0.29) is 23.9 Å². The van der Waals surface area contributed by atoms with Gasteiger partial charge in [-0.05, 0) is 26.8 Å². The van der Waals surface area contributed by atoms with Crippen LogP contribution in [-0.4, -0.2) is 26.5 Å². The third-order valence-corrected chi connectivity index (χ3v) is 3.84. The van der Waals surface area contributed by atoms with E-state index in [2.05, 4.69) is 14.8 Å². The second kappa shape index (κ2) is 5.08. The van der Waals surface area contributed by atoms with Crippen molar-refractivity contribution in [3.8, 4) is 5.75 Å². The van der Waals surface area contributed by atoms with Gasteiger partial charge in [0.1, 0.15) is 5.75 Å². The largest absolute Gasteiger partial charge is 0.482 e. The minimum absolute atomic E-state index is 0.0942. The second-order valence-electron chi connectivity index (χ2n) is 5.73. The van der Waals surface area contributed by atoms with Gasteiger partial charge in [0.05, 0.1) is 17.1 Å². The molecule has 0 aliphatic carbocycles. The van der Waals surface area contributed by atoms with Crippen molar-refractivity contribution < 1.29 is 17.9 Å². The molecule has 0 atom stereocenters. The summed E-state index contributed by atoms with van der Waals surface area (Å²) in [5.41, 5.74) is 5.90. The first-order valence-electron chi connectivity index (χ1n) is 6.24. The van der Waals surface area contributed by atoms with Crippen LogP contribution >= 0.6 is 0 Å². The SMILES string of the molecule is CC(C)(C)NS(=O)(=O)Nc1cc2c(cc1N)OCC(=O)N2. The predicted molar refractivity (Wildman–Crippen MR) is 80.4 cm³/mol. The maximum atomic E-state index is 12.0. The Morgan fingerprint density at radius 2 is 2.00 bits per heavy atom. The molecule has 1 aliphatic rings. The molecular formula is C12H18N4O4S. The first kappa shape index (κ1) is 15.4. The van der Waals surface area contributed by atoms with Crippen LogP contribution in [0.15, 0.2) is 12.1 Å². The van der Waals surface area contributed by atoms with Crippen LogP contribution < -0.4 is 25.2 Å². The molecule has 0 unspecified atom stereocenters. The molecule has 116 valence electrons. The highest BCUT2D eigenvalue weighted by Gasteiger charge is 2.23. The van der Waals surface area contributed by atoms with Crippen LogP contribution in [0.1, 0.15) is 20.8 Å². The Labute approximate surface area is 123 Å². The van der Waals surface area contributed by atoms with Gasteiger partial charge >= 0.3 is 0 Å². The van der Waals surface area contributed by atoms with E-state index in [1.807, 2.05) is 0 Å². The van der Waals surface area contributed by atoms with E-state index >= 15 is 0 Å². The summed E-state index contributed by atoms with van der Waals surface area (Å²) in [5, 5.41) is 2.59. The number of benzene rings is 1. The molecule has 1 amide bonds. The van der Waals surface area contributed by atoms with Gasteiger partial charge in [-0.3, -0.25) is 9.52 Å². The molecule has 8 nitrogen and oxygen atoms in total. The smallest absolute Gasteiger partial charge is 0.299 e. The van der Waals surface area contributed by atoms with Crippen molar-refractivity contribution in [2.75, 3.05) is 22.4 Å². The van der Waals surface area contributed by atoms with Crippen LogP contribution in [0, 0.1) is 0 Å². The van der Waals surface area contributed by atoms with Gasteiger partial charge in [0.25, 0.3) is 16.1 Å². The molecule has 0 spiro atoms. The first-order chi connectivity index (χ1) is 9.56. The van der Waals surface area contributed by atoms with Crippen molar-refractivity contribution in [3.05, 3.63) is 12.1 Å². The number of amides is 1. The second-order valence-corrected chi connectivity index (χ2v) is 7.15. The first-order valence-corrected chi connectivity index (χ1v) is 7.72. The van der Waals surface area contributed by atoms with Gasteiger partial charge in [-0.15, -0.1) is 0 Å². The molecule has 0 aromatic heterocycles. The monoisotopic (exact) mass is 314 g/mol. The van der Waals surface area contributed by atoms with Crippen LogP contribution in [0.2, 0.25) is 0 Å². The summed E-state index contributed by atoms with van der Waals surface area (Å²) in [6.07, 6.45) is 0. The van der Waals surface area contributed by atoms with Crippen LogP contribution in [0.25, 0.3) is 0 Å². The van der Waals surface area contributed by atoms with Crippen molar-refractivity contribution in [3.63, 3.8) is 0 Å². The zero-order valence-corrected chi connectivity index (χ0v) is 12.8. The van der Waals surface area contributed by atoms with E-state index in [9.17, 15) is 13.2 Å². The Balaban J connectivity index is 2.29. The molecule has 1 aliphatic heterocycles. The standard InChI is InChI=1S/C12H18N4O4S/c1-12(2,3)16-21(18,19)15-8-5-9-10(4-7(8)13)20-6-11(17)14-9/h4-5,15-16H,6,13H2,1-3H3,(H,14,17). The Morgan fingerprint density at radius 1 is 1.33 bits per heavy atom. The number of ether oxygens (including phenoxy) is 1. The van der Waals surface area contributed by atoms with Crippen LogP contribution in [0.3, 0.4) is 0 Å². The summed E-state index contributed by atoms with van der Waals surface area (Å²) < 4.78 is 34.0. The van der Waals surface area contributed by atoms with Crippen molar-refractivity contribution in [2.45, 2.75) is 26.3 Å². The minimum Gasteiger partial charge on any atom is -0.482 e. The number of nitrogen functional groups attached to an aromatic ring is 1. The molecule has 1 aromatic rings. The van der Waals surface area contributed by atoms with Gasteiger partial charge in [-0.1, -0.05) is 0 Å². The molecule has 0 fully saturated rings. The summed E-state index contributed by atoms with van der Waals surface area (Å²) in [7, 11) is -3.79. The maximum Gasteiger partial charge on any atom is 0.299 e. The van der Waals surface area contributed by atoms with Crippen molar-refractivity contribution in [1.29, 1.82) is 0 Å². The Kier molecular flexibility index (Phi) is 3.72. The maximum absolute atomic E-state index is 12.0. The number of nitrogens with one attached hydrogen (secondary N) is 3. The summed E-state index contributed by atoms with van der Waals surface area (Å²) in [6.45, 7) is 5.06. The lowest BCUT2D eigenvalue weighted by molar-refractivity contribution is -0.118. The van der Waals surface area contributed by atoms with E-state index < -0.39 is 15.7 Å². The number of carbonyl (C=O) groups excluding carboxylic acids is 1. The lowest BCUT2D eigenvalue weighted by Crippen LogP contribution is -2.43. The van der Waals surface area contributed by atoms with E-state index in [0.29, 0.717) is 11.4 Å². The Morgan fingerprint density at radius 3 is 2.62 bits per heavy atom. The molecule has 21 heavy (non-hydrogen) atoms. The quantitative estimate of drug-likeness (QED) is 0.610. The minimum atomic E-state index is -3.79. The number of nitrogens with two attached hydrogens (primary N) is 1. The molecule has 1 aromatic carbocycles. The average Bonchev–Trinajstić information content (AvgIpc) is 2.27. The van der Waals surface area contributed by atoms with Crippen molar-refractivity contribution >= 4 is 33.2 Å². The van der Waals surface area contributed by atoms with Crippen molar-refractivity contribution in [2.24, 2.45) is 0 Å². The number of hydrogen-bond donors (Lipinski definition) is 4. The number of rotatable bonds is 3. The summed E-state index contributed by atoms with van der Waals surface area (Å²) in [4.78, 5) is 11.3. The fourth-order valence-electron chi connectivity index (χ4n) is 1.80. The summed E-state index contributed by atoms with van der Waals surface area (Å²) in [5.74, 6) is 0.0905. The highest BCUT2D eigenvalue weighted by Crippen LogP contribution is 2.35. The fraction of sp³-hybridized carbons (Fsp3) is 0.417. The normalized spacial score (nSPS) is 14.9. The highest BCUT2D eigenvalue weighted by molar-refractivity contribution is 7.90. The molecular weight excluding hydrogens is 296 g/mol. The molecule has 0 saturated carbocycles. The third-order valence-electron chi connectivity index (χ3n) is 2.47. The van der Waals surface area contributed by atoms with Crippen LogP contribution in [0.5, 0.6) is 5.75 Å². The van der Waals surface area contributed by atoms with Gasteiger partial charge in [-0.25, -0.2) is 0 Å². The number of fused-ring (bicyclic) bond motifs is 1. The molecule has 0 radical (unpaired) electrons. The molecule has 0 bridgehead atoms. The Bertz CT molecular complexity index is 679. The predicted octanol–water partition coefficient (Wildman–Crippen LogP) is 0.644. The highest BCUT2D eigenvalue weighted by atomic mass is 32.2. The molecule has 0 saturated heterocycles. The Hall–Kier alpha value is -2.00. The van der Waals surface area contributed by atoms with E-state index in [1.54, 1.807) is 20.8 Å². The third kappa shape index (κ3) is 3.99. The zero-order chi connectivity index (χ0) is 15.8. The lowest BCUT2D eigenvalue weighted by atomic mass is 10.1. The van der Waals surface area contributed by atoms with E-state index in [4.69, 9.17) is 10.5 Å². The van der Waals surface area contributed by atoms with Gasteiger partial charge in [0.15, 0.2) is 6.61 Å². The van der Waals surface area contributed by atoms with Crippen LogP contribution in [-0.2, 0) is 15.0 Å². The molecule has 9 heteroatoms. The topological polar surface area (TPSA) is 123 Å². The van der Waals surface area contributed by atoms with E-state index in [0.717, 1.165) is 0 Å². The number of hydrogen-bond acceptors (Lipinski definition) is 5.